The monoisotopic (exact) mass is 377 g/mol. The molecule has 0 aliphatic carbocycles. The summed E-state index contributed by atoms with van der Waals surface area (Å²) in [7, 11) is 1.56. The van der Waals surface area contributed by atoms with Crippen molar-refractivity contribution in [3.8, 4) is 11.8 Å². The van der Waals surface area contributed by atoms with Crippen LogP contribution in [0.25, 0.3) is 10.9 Å². The summed E-state index contributed by atoms with van der Waals surface area (Å²) in [5.74, 6) is 0.565. The average molecular weight is 377 g/mol. The number of aromatic nitrogens is 1. The molecular formula is C21H19N3O2S. The molecule has 3 rings (SSSR count). The molecule has 1 aromatic heterocycles. The van der Waals surface area contributed by atoms with Gasteiger partial charge in [0.25, 0.3) is 0 Å². The number of pyridine rings is 1. The third-order valence-electron chi connectivity index (χ3n) is 4.06. The largest absolute Gasteiger partial charge is 0.495 e. The summed E-state index contributed by atoms with van der Waals surface area (Å²) in [6.07, 6.45) is 0. The molecule has 27 heavy (non-hydrogen) atoms. The quantitative estimate of drug-likeness (QED) is 0.664. The molecule has 1 N–H and O–H groups in total. The molecule has 0 fully saturated rings. The van der Waals surface area contributed by atoms with Gasteiger partial charge in [-0.2, -0.15) is 5.26 Å². The first-order chi connectivity index (χ1) is 13.0. The Morgan fingerprint density at radius 2 is 2.04 bits per heavy atom. The molecule has 0 atom stereocenters. The molecule has 0 aliphatic heterocycles. The molecule has 136 valence electrons. The van der Waals surface area contributed by atoms with Crippen molar-refractivity contribution in [3.05, 3.63) is 59.2 Å². The van der Waals surface area contributed by atoms with Crippen molar-refractivity contribution < 1.29 is 9.53 Å². The molecule has 0 bridgehead atoms. The number of carbonyl (C=O) groups excluding carboxylic acids is 1. The average Bonchev–Trinajstić information content (AvgIpc) is 2.66. The number of amides is 1. The highest BCUT2D eigenvalue weighted by atomic mass is 32.2. The van der Waals surface area contributed by atoms with E-state index in [1.54, 1.807) is 19.2 Å². The van der Waals surface area contributed by atoms with Gasteiger partial charge in [-0.15, -0.1) is 0 Å². The van der Waals surface area contributed by atoms with Crippen LogP contribution in [-0.2, 0) is 4.79 Å². The second-order valence-corrected chi connectivity index (χ2v) is 7.11. The van der Waals surface area contributed by atoms with E-state index in [1.165, 1.54) is 11.8 Å². The molecule has 1 amide bonds. The number of ether oxygens (including phenoxy) is 1. The summed E-state index contributed by atoms with van der Waals surface area (Å²) in [5, 5.41) is 13.8. The lowest BCUT2D eigenvalue weighted by atomic mass is 10.1. The highest BCUT2D eigenvalue weighted by Crippen LogP contribution is 2.28. The standard InChI is InChI=1S/C21H19N3O2S/c1-13-8-14(2)20-15(9-13)10-16(11-22)21(24-20)27-12-19(25)23-17-6-4-5-7-18(17)26-3/h4-10H,12H2,1-3H3,(H,23,25). The summed E-state index contributed by atoms with van der Waals surface area (Å²) in [4.78, 5) is 17.0. The number of aryl methyl sites for hydroxylation is 2. The Labute approximate surface area is 162 Å². The number of nitrogens with one attached hydrogen (secondary N) is 1. The highest BCUT2D eigenvalue weighted by Gasteiger charge is 2.13. The van der Waals surface area contributed by atoms with Crippen LogP contribution in [0.5, 0.6) is 5.75 Å². The van der Waals surface area contributed by atoms with E-state index in [0.717, 1.165) is 22.0 Å². The maximum absolute atomic E-state index is 12.3. The van der Waals surface area contributed by atoms with E-state index in [9.17, 15) is 10.1 Å². The Hall–Kier alpha value is -3.04. The molecule has 5 nitrogen and oxygen atoms in total. The summed E-state index contributed by atoms with van der Waals surface area (Å²) in [5.41, 5.74) is 4.12. The fourth-order valence-corrected chi connectivity index (χ4v) is 3.65. The number of methoxy groups -OCH3 is 1. The first kappa shape index (κ1) is 18.7. The molecule has 0 saturated carbocycles. The lowest BCUT2D eigenvalue weighted by Gasteiger charge is -2.11. The minimum absolute atomic E-state index is 0.149. The third-order valence-corrected chi connectivity index (χ3v) is 5.05. The van der Waals surface area contributed by atoms with Gasteiger partial charge in [0.2, 0.25) is 5.91 Å². The van der Waals surface area contributed by atoms with E-state index in [1.807, 2.05) is 38.1 Å². The van der Waals surface area contributed by atoms with Crippen molar-refractivity contribution >= 4 is 34.3 Å². The van der Waals surface area contributed by atoms with Gasteiger partial charge in [0.05, 0.1) is 29.6 Å². The van der Waals surface area contributed by atoms with Gasteiger partial charge in [-0.1, -0.05) is 35.5 Å². The Balaban J connectivity index is 1.80. The van der Waals surface area contributed by atoms with Crippen molar-refractivity contribution in [2.75, 3.05) is 18.2 Å². The molecule has 0 aliphatic rings. The second kappa shape index (κ2) is 8.11. The number of thioether (sulfide) groups is 1. The Morgan fingerprint density at radius 3 is 2.78 bits per heavy atom. The fourth-order valence-electron chi connectivity index (χ4n) is 2.89. The lowest BCUT2D eigenvalue weighted by molar-refractivity contribution is -0.113. The first-order valence-corrected chi connectivity index (χ1v) is 9.38. The zero-order valence-corrected chi connectivity index (χ0v) is 16.2. The second-order valence-electron chi connectivity index (χ2n) is 6.14. The van der Waals surface area contributed by atoms with Crippen LogP contribution in [0, 0.1) is 25.2 Å². The van der Waals surface area contributed by atoms with Crippen molar-refractivity contribution in [1.82, 2.24) is 4.98 Å². The van der Waals surface area contributed by atoms with E-state index in [0.29, 0.717) is 22.0 Å². The minimum Gasteiger partial charge on any atom is -0.495 e. The molecule has 0 saturated heterocycles. The molecule has 3 aromatic rings. The Morgan fingerprint density at radius 1 is 1.26 bits per heavy atom. The van der Waals surface area contributed by atoms with Crippen LogP contribution in [0.1, 0.15) is 16.7 Å². The van der Waals surface area contributed by atoms with Gasteiger partial charge < -0.3 is 10.1 Å². The van der Waals surface area contributed by atoms with Crippen LogP contribution < -0.4 is 10.1 Å². The van der Waals surface area contributed by atoms with Gasteiger partial charge in [0, 0.05) is 5.39 Å². The molecule has 0 unspecified atom stereocenters. The predicted octanol–water partition coefficient (Wildman–Crippen LogP) is 4.46. The van der Waals surface area contributed by atoms with Crippen molar-refractivity contribution in [3.63, 3.8) is 0 Å². The number of fused-ring (bicyclic) bond motifs is 1. The SMILES string of the molecule is COc1ccccc1NC(=O)CSc1nc2c(C)cc(C)cc2cc1C#N. The number of hydrogen-bond acceptors (Lipinski definition) is 5. The molecule has 0 radical (unpaired) electrons. The van der Waals surface area contributed by atoms with Gasteiger partial charge in [0.15, 0.2) is 0 Å². The van der Waals surface area contributed by atoms with Crippen molar-refractivity contribution in [2.45, 2.75) is 18.9 Å². The van der Waals surface area contributed by atoms with Crippen LogP contribution in [0.3, 0.4) is 0 Å². The Bertz CT molecular complexity index is 1060. The zero-order chi connectivity index (χ0) is 19.4. The summed E-state index contributed by atoms with van der Waals surface area (Å²) in [6.45, 7) is 4.01. The number of benzene rings is 2. The third kappa shape index (κ3) is 4.21. The Kier molecular flexibility index (Phi) is 5.63. The molecule has 2 aromatic carbocycles. The van der Waals surface area contributed by atoms with Crippen molar-refractivity contribution in [2.24, 2.45) is 0 Å². The summed E-state index contributed by atoms with van der Waals surface area (Å²) >= 11 is 1.25. The number of rotatable bonds is 5. The summed E-state index contributed by atoms with van der Waals surface area (Å²) < 4.78 is 5.24. The van der Waals surface area contributed by atoms with Gasteiger partial charge in [-0.25, -0.2) is 4.98 Å². The highest BCUT2D eigenvalue weighted by molar-refractivity contribution is 8.00. The number of nitrogens with zero attached hydrogens (tertiary/aromatic N) is 2. The molecule has 6 heteroatoms. The van der Waals surface area contributed by atoms with Gasteiger partial charge in [-0.05, 0) is 43.7 Å². The normalized spacial score (nSPS) is 10.4. The molecule has 0 spiro atoms. The zero-order valence-electron chi connectivity index (χ0n) is 15.4. The topological polar surface area (TPSA) is 75.0 Å². The van der Waals surface area contributed by atoms with Crippen LogP contribution in [0.15, 0.2) is 47.5 Å². The number of anilines is 1. The smallest absolute Gasteiger partial charge is 0.234 e. The number of nitriles is 1. The van der Waals surface area contributed by atoms with Gasteiger partial charge >= 0.3 is 0 Å². The van der Waals surface area contributed by atoms with Crippen molar-refractivity contribution in [1.29, 1.82) is 5.26 Å². The maximum atomic E-state index is 12.3. The van der Waals surface area contributed by atoms with Crippen LogP contribution >= 0.6 is 11.8 Å². The molecular weight excluding hydrogens is 358 g/mol. The van der Waals surface area contributed by atoms with Gasteiger partial charge in [-0.3, -0.25) is 4.79 Å². The first-order valence-electron chi connectivity index (χ1n) is 8.39. The van der Waals surface area contributed by atoms with Crippen LogP contribution in [0.2, 0.25) is 0 Å². The van der Waals surface area contributed by atoms with Crippen LogP contribution in [-0.4, -0.2) is 23.8 Å². The van der Waals surface area contributed by atoms with E-state index in [2.05, 4.69) is 22.4 Å². The predicted molar refractivity (Wildman–Crippen MR) is 108 cm³/mol. The van der Waals surface area contributed by atoms with Gasteiger partial charge in [0.1, 0.15) is 16.8 Å². The summed E-state index contributed by atoms with van der Waals surface area (Å²) in [6, 6.07) is 15.3. The van der Waals surface area contributed by atoms with E-state index >= 15 is 0 Å². The van der Waals surface area contributed by atoms with E-state index in [4.69, 9.17) is 4.74 Å². The van der Waals surface area contributed by atoms with E-state index < -0.39 is 0 Å². The number of para-hydroxylation sites is 2. The maximum Gasteiger partial charge on any atom is 0.234 e. The van der Waals surface area contributed by atoms with Crippen LogP contribution in [0.4, 0.5) is 5.69 Å². The lowest BCUT2D eigenvalue weighted by Crippen LogP contribution is -2.15. The molecule has 1 heterocycles. The number of hydrogen-bond donors (Lipinski definition) is 1. The number of carbonyl (C=O) groups is 1. The minimum atomic E-state index is -0.184. The van der Waals surface area contributed by atoms with E-state index in [-0.39, 0.29) is 11.7 Å². The fraction of sp³-hybridized carbons (Fsp3) is 0.190.